The van der Waals surface area contributed by atoms with Gasteiger partial charge in [-0.05, 0) is 51.5 Å². The molecule has 0 aliphatic rings. The van der Waals surface area contributed by atoms with Crippen LogP contribution in [-0.4, -0.2) is 47.1 Å². The molecular weight excluding hydrogens is 410 g/mol. The van der Waals surface area contributed by atoms with Gasteiger partial charge < -0.3 is 13.3 Å². The molecule has 0 aromatic heterocycles. The molecule has 0 atom stereocenters. The number of hydrogen-bond acceptors (Lipinski definition) is 5. The highest BCUT2D eigenvalue weighted by Gasteiger charge is 2.39. The van der Waals surface area contributed by atoms with Gasteiger partial charge in [0.25, 0.3) is 0 Å². The molecule has 0 radical (unpaired) electrons. The molecule has 0 saturated carbocycles. The Kier molecular flexibility index (Phi) is 15.4. The standard InChI is InChI=1S/C24H37NO3SSi/c1-5-9-20-29-24(18-13-17-23-15-11-10-12-16-23)22-25-19-14-21-30(26-6-2,27-7-3)28-8-4/h10-12,15-16,18,22H,5-9,14,19-21H2,1-4H3/b24-18-,25-22?. The van der Waals surface area contributed by atoms with Crippen LogP contribution in [0.3, 0.4) is 0 Å². The van der Waals surface area contributed by atoms with Crippen molar-refractivity contribution < 1.29 is 13.3 Å². The van der Waals surface area contributed by atoms with Crippen molar-refractivity contribution in [2.75, 3.05) is 32.1 Å². The minimum atomic E-state index is -2.57. The molecule has 30 heavy (non-hydrogen) atoms. The van der Waals surface area contributed by atoms with Crippen LogP contribution < -0.4 is 0 Å². The molecule has 0 bridgehead atoms. The van der Waals surface area contributed by atoms with Crippen molar-refractivity contribution in [3.05, 3.63) is 46.9 Å². The lowest BCUT2D eigenvalue weighted by atomic mass is 10.2. The Bertz CT molecular complexity index is 666. The van der Waals surface area contributed by atoms with Crippen molar-refractivity contribution in [3.63, 3.8) is 0 Å². The molecule has 0 fully saturated rings. The summed E-state index contributed by atoms with van der Waals surface area (Å²) < 4.78 is 17.7. The normalized spacial score (nSPS) is 12.2. The molecule has 1 rings (SSSR count). The van der Waals surface area contributed by atoms with E-state index in [1.54, 1.807) is 0 Å². The topological polar surface area (TPSA) is 40.0 Å². The summed E-state index contributed by atoms with van der Waals surface area (Å²) >= 11 is 1.81. The summed E-state index contributed by atoms with van der Waals surface area (Å²) in [5.41, 5.74) is 1.02. The van der Waals surface area contributed by atoms with Crippen LogP contribution in [0.5, 0.6) is 0 Å². The highest BCUT2D eigenvalue weighted by molar-refractivity contribution is 8.03. The molecule has 0 saturated heterocycles. The zero-order chi connectivity index (χ0) is 21.9. The first-order valence-corrected chi connectivity index (χ1v) is 13.9. The van der Waals surface area contributed by atoms with E-state index in [1.807, 2.05) is 75.2 Å². The first-order valence-electron chi connectivity index (χ1n) is 11.0. The van der Waals surface area contributed by atoms with Gasteiger partial charge in [0.15, 0.2) is 0 Å². The number of benzene rings is 1. The molecule has 4 nitrogen and oxygen atoms in total. The molecule has 0 aliphatic heterocycles. The molecule has 0 aliphatic carbocycles. The lowest BCUT2D eigenvalue weighted by molar-refractivity contribution is 0.0710. The fourth-order valence-corrected chi connectivity index (χ4v) is 6.26. The second kappa shape index (κ2) is 17.3. The second-order valence-corrected chi connectivity index (χ2v) is 10.4. The highest BCUT2D eigenvalue weighted by atomic mass is 32.2. The summed E-state index contributed by atoms with van der Waals surface area (Å²) in [6.07, 6.45) is 7.17. The van der Waals surface area contributed by atoms with Gasteiger partial charge in [0.2, 0.25) is 0 Å². The summed E-state index contributed by atoms with van der Waals surface area (Å²) in [6.45, 7) is 10.7. The molecule has 166 valence electrons. The molecule has 0 amide bonds. The average molecular weight is 448 g/mol. The van der Waals surface area contributed by atoms with Crippen LogP contribution in [-0.2, 0) is 13.3 Å². The van der Waals surface area contributed by atoms with Crippen molar-refractivity contribution >= 4 is 26.8 Å². The first-order chi connectivity index (χ1) is 14.7. The van der Waals surface area contributed by atoms with Gasteiger partial charge in [-0.2, -0.15) is 0 Å². The van der Waals surface area contributed by atoms with Crippen LogP contribution in [0.2, 0.25) is 6.04 Å². The Morgan fingerprint density at radius 3 is 2.27 bits per heavy atom. The van der Waals surface area contributed by atoms with Gasteiger partial charge in [0, 0.05) is 55.2 Å². The van der Waals surface area contributed by atoms with Crippen LogP contribution in [0.15, 0.2) is 46.3 Å². The zero-order valence-corrected chi connectivity index (χ0v) is 20.8. The molecule has 0 N–H and O–H groups in total. The van der Waals surface area contributed by atoms with E-state index in [9.17, 15) is 0 Å². The molecule has 0 unspecified atom stereocenters. The molecule has 1 aromatic rings. The van der Waals surface area contributed by atoms with Gasteiger partial charge in [-0.25, -0.2) is 0 Å². The van der Waals surface area contributed by atoms with E-state index in [2.05, 4.69) is 23.8 Å². The van der Waals surface area contributed by atoms with Gasteiger partial charge in [0.1, 0.15) is 0 Å². The van der Waals surface area contributed by atoms with Crippen LogP contribution in [0.25, 0.3) is 0 Å². The van der Waals surface area contributed by atoms with E-state index in [0.717, 1.165) is 35.2 Å². The summed E-state index contributed by atoms with van der Waals surface area (Å²) in [6, 6.07) is 10.8. The maximum Gasteiger partial charge on any atom is 0.500 e. The van der Waals surface area contributed by atoms with E-state index in [1.165, 1.54) is 12.8 Å². The SMILES string of the molecule is CCCCS/C(C=NCCC[Si](OCC)(OCC)OCC)=C\C#Cc1ccccc1. The number of thioether (sulfide) groups is 1. The van der Waals surface area contributed by atoms with Crippen molar-refractivity contribution in [2.45, 2.75) is 53.0 Å². The molecule has 6 heteroatoms. The van der Waals surface area contributed by atoms with Crippen molar-refractivity contribution in [2.24, 2.45) is 4.99 Å². The summed E-state index contributed by atoms with van der Waals surface area (Å²) in [5, 5.41) is 0. The Balaban J connectivity index is 2.67. The average Bonchev–Trinajstić information content (AvgIpc) is 2.74. The number of aliphatic imine (C=N–C) groups is 1. The molecule has 1 aromatic carbocycles. The third kappa shape index (κ3) is 11.7. The van der Waals surface area contributed by atoms with Crippen LogP contribution in [0.4, 0.5) is 0 Å². The first kappa shape index (κ1) is 26.7. The van der Waals surface area contributed by atoms with E-state index in [-0.39, 0.29) is 0 Å². The molecular formula is C24H37NO3SSi. The van der Waals surface area contributed by atoms with Gasteiger partial charge in [0.05, 0.1) is 0 Å². The number of nitrogens with zero attached hydrogens (tertiary/aromatic N) is 1. The van der Waals surface area contributed by atoms with Crippen molar-refractivity contribution in [3.8, 4) is 11.8 Å². The number of rotatable bonds is 15. The summed E-state index contributed by atoms with van der Waals surface area (Å²) in [4.78, 5) is 5.74. The van der Waals surface area contributed by atoms with Crippen LogP contribution >= 0.6 is 11.8 Å². The van der Waals surface area contributed by atoms with Gasteiger partial charge >= 0.3 is 8.80 Å². The van der Waals surface area contributed by atoms with E-state index in [0.29, 0.717) is 19.8 Å². The van der Waals surface area contributed by atoms with Gasteiger partial charge in [-0.15, -0.1) is 11.8 Å². The monoisotopic (exact) mass is 447 g/mol. The van der Waals surface area contributed by atoms with Gasteiger partial charge in [-0.3, -0.25) is 4.99 Å². The van der Waals surface area contributed by atoms with Crippen molar-refractivity contribution in [1.82, 2.24) is 0 Å². The maximum absolute atomic E-state index is 5.91. The second-order valence-electron chi connectivity index (χ2n) is 6.50. The van der Waals surface area contributed by atoms with Gasteiger partial charge in [-0.1, -0.05) is 43.4 Å². The van der Waals surface area contributed by atoms with E-state index in [4.69, 9.17) is 13.3 Å². The van der Waals surface area contributed by atoms with Crippen LogP contribution in [0.1, 0.15) is 52.5 Å². The fraction of sp³-hybridized carbons (Fsp3) is 0.542. The number of unbranched alkanes of at least 4 members (excludes halogenated alkanes) is 1. The minimum Gasteiger partial charge on any atom is -0.374 e. The summed E-state index contributed by atoms with van der Waals surface area (Å²) in [7, 11) is -2.57. The highest BCUT2D eigenvalue weighted by Crippen LogP contribution is 2.19. The Morgan fingerprint density at radius 1 is 1.00 bits per heavy atom. The van der Waals surface area contributed by atoms with E-state index >= 15 is 0 Å². The maximum atomic E-state index is 5.91. The zero-order valence-electron chi connectivity index (χ0n) is 19.0. The third-order valence-corrected chi connectivity index (χ3v) is 8.25. The summed E-state index contributed by atoms with van der Waals surface area (Å²) in [5.74, 6) is 7.43. The Morgan fingerprint density at radius 2 is 1.67 bits per heavy atom. The predicted octanol–water partition coefficient (Wildman–Crippen LogP) is 5.96. The quantitative estimate of drug-likeness (QED) is 0.144. The molecule has 0 heterocycles. The Hall–Kier alpha value is -1.36. The third-order valence-electron chi connectivity index (χ3n) is 4.05. The largest absolute Gasteiger partial charge is 0.500 e. The van der Waals surface area contributed by atoms with Crippen LogP contribution in [0, 0.1) is 11.8 Å². The Labute approximate surface area is 188 Å². The number of hydrogen-bond donors (Lipinski definition) is 0. The van der Waals surface area contributed by atoms with Crippen molar-refractivity contribution in [1.29, 1.82) is 0 Å². The smallest absolute Gasteiger partial charge is 0.374 e. The van der Waals surface area contributed by atoms with E-state index < -0.39 is 8.80 Å². The predicted molar refractivity (Wildman–Crippen MR) is 132 cm³/mol. The molecule has 0 spiro atoms. The fourth-order valence-electron chi connectivity index (χ4n) is 2.71. The minimum absolute atomic E-state index is 0.608. The lowest BCUT2D eigenvalue weighted by Crippen LogP contribution is -2.46. The lowest BCUT2D eigenvalue weighted by Gasteiger charge is -2.28. The number of allylic oxidation sites excluding steroid dienone is 2.